The molecule has 0 saturated carbocycles. The van der Waals surface area contributed by atoms with Crippen LogP contribution < -0.4 is 10.7 Å². The highest BCUT2D eigenvalue weighted by Crippen LogP contribution is 1.97. The molecule has 2 heteroatoms. The highest BCUT2D eigenvalue weighted by molar-refractivity contribution is 5.24. The molecule has 1 aliphatic rings. The maximum atomic E-state index is 4.29. The Hall–Kier alpha value is -1.18. The first-order valence-corrected chi connectivity index (χ1v) is 3.74. The van der Waals surface area contributed by atoms with Crippen LogP contribution in [0.25, 0.3) is 0 Å². The molecule has 0 radical (unpaired) electrons. The Bertz CT molecular complexity index is 404. The molecule has 0 amide bonds. The zero-order valence-electron chi connectivity index (χ0n) is 6.76. The van der Waals surface area contributed by atoms with Gasteiger partial charge in [-0.05, 0) is 31.0 Å². The molecule has 2 rings (SSSR count). The van der Waals surface area contributed by atoms with Gasteiger partial charge in [0.2, 0.25) is 0 Å². The van der Waals surface area contributed by atoms with E-state index in [0.29, 0.717) is 6.67 Å². The number of nitrogens with zero attached hydrogens (tertiary/aromatic N) is 2. The first-order valence-electron chi connectivity index (χ1n) is 3.74. The second-order valence-electron chi connectivity index (χ2n) is 2.83. The van der Waals surface area contributed by atoms with Crippen LogP contribution in [0.4, 0.5) is 0 Å². The van der Waals surface area contributed by atoms with E-state index in [2.05, 4.69) is 29.9 Å². The molecule has 1 aromatic rings. The fraction of sp³-hybridized carbons (Fsp3) is 0.333. The Balaban J connectivity index is 2.95. The molecule has 0 unspecified atom stereocenters. The standard InChI is InChI=1S/C9H10N2/c1-6-3-4-8-9(7(6)2)11-5-10-8/h3-4H,5H2,1-2H3. The van der Waals surface area contributed by atoms with E-state index in [1.54, 1.807) is 0 Å². The molecule has 1 aliphatic heterocycles. The van der Waals surface area contributed by atoms with E-state index in [1.807, 2.05) is 6.07 Å². The summed E-state index contributed by atoms with van der Waals surface area (Å²) in [7, 11) is 0. The second-order valence-corrected chi connectivity index (χ2v) is 2.83. The fourth-order valence-corrected chi connectivity index (χ4v) is 1.30. The average Bonchev–Trinajstić information content (AvgIpc) is 2.45. The lowest BCUT2D eigenvalue weighted by molar-refractivity contribution is 1.05. The van der Waals surface area contributed by atoms with Crippen LogP contribution in [0.3, 0.4) is 0 Å². The molecule has 0 aromatic heterocycles. The van der Waals surface area contributed by atoms with Crippen LogP contribution >= 0.6 is 0 Å². The quantitative estimate of drug-likeness (QED) is 0.509. The number of hydrogen-bond donors (Lipinski definition) is 0. The van der Waals surface area contributed by atoms with Crippen molar-refractivity contribution >= 4 is 0 Å². The van der Waals surface area contributed by atoms with E-state index in [-0.39, 0.29) is 0 Å². The molecule has 0 N–H and O–H groups in total. The van der Waals surface area contributed by atoms with Gasteiger partial charge in [-0.3, -0.25) is 9.98 Å². The SMILES string of the molecule is Cc1ccc2c(c1C)=NCN=2. The Morgan fingerprint density at radius 1 is 1.18 bits per heavy atom. The first-order chi connectivity index (χ1) is 5.29. The summed E-state index contributed by atoms with van der Waals surface area (Å²) in [5.74, 6) is 0. The molecule has 0 fully saturated rings. The highest BCUT2D eigenvalue weighted by Gasteiger charge is 2.00. The van der Waals surface area contributed by atoms with Crippen molar-refractivity contribution in [2.45, 2.75) is 13.8 Å². The molecule has 2 nitrogen and oxygen atoms in total. The van der Waals surface area contributed by atoms with Gasteiger partial charge in [0.25, 0.3) is 0 Å². The third-order valence-electron chi connectivity index (χ3n) is 2.15. The fourth-order valence-electron chi connectivity index (χ4n) is 1.30. The monoisotopic (exact) mass is 146 g/mol. The van der Waals surface area contributed by atoms with Crippen LogP contribution in [0.2, 0.25) is 0 Å². The predicted molar refractivity (Wildman–Crippen MR) is 43.1 cm³/mol. The second kappa shape index (κ2) is 2.16. The molecule has 0 atom stereocenters. The minimum absolute atomic E-state index is 0.611. The van der Waals surface area contributed by atoms with E-state index in [4.69, 9.17) is 0 Å². The van der Waals surface area contributed by atoms with E-state index >= 15 is 0 Å². The summed E-state index contributed by atoms with van der Waals surface area (Å²) in [5, 5.41) is 2.14. The minimum atomic E-state index is 0.611. The van der Waals surface area contributed by atoms with Gasteiger partial charge in [0.15, 0.2) is 0 Å². The Morgan fingerprint density at radius 3 is 2.82 bits per heavy atom. The van der Waals surface area contributed by atoms with Gasteiger partial charge in [-0.25, -0.2) is 0 Å². The van der Waals surface area contributed by atoms with Crippen molar-refractivity contribution < 1.29 is 0 Å². The summed E-state index contributed by atoms with van der Waals surface area (Å²) in [6, 6.07) is 4.13. The third kappa shape index (κ3) is 0.862. The number of fused-ring (bicyclic) bond motifs is 1. The molecule has 1 heterocycles. The summed E-state index contributed by atoms with van der Waals surface area (Å²) in [6.45, 7) is 4.81. The van der Waals surface area contributed by atoms with Gasteiger partial charge >= 0.3 is 0 Å². The highest BCUT2D eigenvalue weighted by atomic mass is 15.0. The molecule has 1 aromatic carbocycles. The Kier molecular flexibility index (Phi) is 1.28. The van der Waals surface area contributed by atoms with Crippen molar-refractivity contribution in [1.82, 2.24) is 0 Å². The Morgan fingerprint density at radius 2 is 2.00 bits per heavy atom. The normalized spacial score (nSPS) is 13.6. The van der Waals surface area contributed by atoms with Crippen molar-refractivity contribution in [2.24, 2.45) is 9.98 Å². The van der Waals surface area contributed by atoms with E-state index < -0.39 is 0 Å². The zero-order valence-corrected chi connectivity index (χ0v) is 6.76. The van der Waals surface area contributed by atoms with Crippen molar-refractivity contribution in [3.63, 3.8) is 0 Å². The van der Waals surface area contributed by atoms with Crippen molar-refractivity contribution in [3.05, 3.63) is 34.0 Å². The first kappa shape index (κ1) is 6.53. The van der Waals surface area contributed by atoms with Crippen LogP contribution in [0.1, 0.15) is 11.1 Å². The van der Waals surface area contributed by atoms with Gasteiger partial charge in [-0.1, -0.05) is 6.07 Å². The van der Waals surface area contributed by atoms with Crippen LogP contribution in [0.5, 0.6) is 0 Å². The van der Waals surface area contributed by atoms with Crippen LogP contribution in [0, 0.1) is 13.8 Å². The maximum absolute atomic E-state index is 4.29. The molecule has 0 aliphatic carbocycles. The van der Waals surface area contributed by atoms with Gasteiger partial charge in [0.1, 0.15) is 6.67 Å². The van der Waals surface area contributed by atoms with Crippen molar-refractivity contribution in [1.29, 1.82) is 0 Å². The average molecular weight is 146 g/mol. The van der Waals surface area contributed by atoms with E-state index in [0.717, 1.165) is 10.7 Å². The van der Waals surface area contributed by atoms with Crippen LogP contribution in [0.15, 0.2) is 22.1 Å². The van der Waals surface area contributed by atoms with Crippen molar-refractivity contribution in [2.75, 3.05) is 6.67 Å². The van der Waals surface area contributed by atoms with E-state index in [1.165, 1.54) is 11.1 Å². The smallest absolute Gasteiger partial charge is 0.130 e. The van der Waals surface area contributed by atoms with Crippen molar-refractivity contribution in [3.8, 4) is 0 Å². The van der Waals surface area contributed by atoms with Gasteiger partial charge in [-0.2, -0.15) is 0 Å². The molecule has 0 bridgehead atoms. The topological polar surface area (TPSA) is 24.7 Å². The summed E-state index contributed by atoms with van der Waals surface area (Å²) < 4.78 is 0. The molecular formula is C9H10N2. The lowest BCUT2D eigenvalue weighted by Crippen LogP contribution is -2.25. The summed E-state index contributed by atoms with van der Waals surface area (Å²) >= 11 is 0. The summed E-state index contributed by atoms with van der Waals surface area (Å²) in [5.41, 5.74) is 2.56. The molecule has 0 saturated heterocycles. The minimum Gasteiger partial charge on any atom is -0.260 e. The Labute approximate surface area is 65.3 Å². The number of rotatable bonds is 0. The third-order valence-corrected chi connectivity index (χ3v) is 2.15. The predicted octanol–water partition coefficient (Wildman–Crippen LogP) is 0.514. The molecule has 11 heavy (non-hydrogen) atoms. The van der Waals surface area contributed by atoms with Crippen LogP contribution in [-0.2, 0) is 0 Å². The van der Waals surface area contributed by atoms with E-state index in [9.17, 15) is 0 Å². The summed E-state index contributed by atoms with van der Waals surface area (Å²) in [4.78, 5) is 8.53. The van der Waals surface area contributed by atoms with Crippen LogP contribution in [-0.4, -0.2) is 6.67 Å². The lowest BCUT2D eigenvalue weighted by atomic mass is 10.1. The maximum Gasteiger partial charge on any atom is 0.130 e. The largest absolute Gasteiger partial charge is 0.260 e. The molecular weight excluding hydrogens is 136 g/mol. The van der Waals surface area contributed by atoms with Gasteiger partial charge in [0.05, 0.1) is 10.7 Å². The van der Waals surface area contributed by atoms with Gasteiger partial charge < -0.3 is 0 Å². The number of benzene rings is 1. The zero-order chi connectivity index (χ0) is 7.84. The number of hydrogen-bond acceptors (Lipinski definition) is 2. The molecule has 56 valence electrons. The lowest BCUT2D eigenvalue weighted by Gasteiger charge is -1.95. The number of aryl methyl sites for hydroxylation is 1. The van der Waals surface area contributed by atoms with Gasteiger partial charge in [0, 0.05) is 0 Å². The summed E-state index contributed by atoms with van der Waals surface area (Å²) in [6.07, 6.45) is 0. The molecule has 0 spiro atoms. The van der Waals surface area contributed by atoms with Gasteiger partial charge in [-0.15, -0.1) is 0 Å².